The highest BCUT2D eigenvalue weighted by atomic mass is 32.2. The fourth-order valence-corrected chi connectivity index (χ4v) is 6.70. The summed E-state index contributed by atoms with van der Waals surface area (Å²) < 4.78 is 44.9. The number of sulfonamides is 1. The summed E-state index contributed by atoms with van der Waals surface area (Å²) in [6.07, 6.45) is 0. The van der Waals surface area contributed by atoms with Crippen LogP contribution in [0, 0.1) is 0 Å². The third kappa shape index (κ3) is 7.97. The van der Waals surface area contributed by atoms with Crippen LogP contribution >= 0.6 is 11.8 Å². The molecular formula is C31H36N6O7S2. The molecular weight excluding hydrogens is 633 g/mol. The number of carbonyl (C=O) groups is 2. The highest BCUT2D eigenvalue weighted by Crippen LogP contribution is 2.32. The Kier molecular flexibility index (Phi) is 11.6. The monoisotopic (exact) mass is 668 g/mol. The molecule has 244 valence electrons. The van der Waals surface area contributed by atoms with E-state index >= 15 is 0 Å². The van der Waals surface area contributed by atoms with E-state index in [1.807, 2.05) is 0 Å². The number of amides is 2. The molecule has 2 amide bonds. The van der Waals surface area contributed by atoms with Gasteiger partial charge in [0.1, 0.15) is 17.2 Å². The Labute approximate surface area is 272 Å². The van der Waals surface area contributed by atoms with Crippen molar-refractivity contribution >= 4 is 39.3 Å². The summed E-state index contributed by atoms with van der Waals surface area (Å²) in [5, 5.41) is 14.7. The van der Waals surface area contributed by atoms with Gasteiger partial charge in [0.05, 0.1) is 44.2 Å². The second-order valence-electron chi connectivity index (χ2n) is 9.63. The van der Waals surface area contributed by atoms with Crippen LogP contribution in [0.25, 0.3) is 5.69 Å². The predicted molar refractivity (Wildman–Crippen MR) is 175 cm³/mol. The standard InChI is InChI=1S/C31H36N6O7S2/c1-6-36(7-2)46(40,41)25-15-8-21(9-16-25)30(39)32-19-28-34-35-31(37(28)26-18-24(43-4)14-17-27(26)44-5)45-20-29(38)33-22-10-12-23(42-3)13-11-22/h8-18H,6-7,19-20H2,1-5H3,(H,32,39)(H,33,38). The minimum Gasteiger partial charge on any atom is -0.497 e. The van der Waals surface area contributed by atoms with E-state index in [1.54, 1.807) is 68.0 Å². The van der Waals surface area contributed by atoms with Crippen molar-refractivity contribution in [2.75, 3.05) is 45.5 Å². The van der Waals surface area contributed by atoms with Gasteiger partial charge in [0.25, 0.3) is 5.91 Å². The summed E-state index contributed by atoms with van der Waals surface area (Å²) >= 11 is 1.15. The van der Waals surface area contributed by atoms with Crippen molar-refractivity contribution in [2.45, 2.75) is 30.4 Å². The van der Waals surface area contributed by atoms with Crippen molar-refractivity contribution in [3.63, 3.8) is 0 Å². The van der Waals surface area contributed by atoms with E-state index in [0.717, 1.165) is 11.8 Å². The lowest BCUT2D eigenvalue weighted by Crippen LogP contribution is -2.30. The molecule has 0 bridgehead atoms. The maximum absolute atomic E-state index is 13.1. The number of nitrogens with zero attached hydrogens (tertiary/aromatic N) is 4. The van der Waals surface area contributed by atoms with Crippen molar-refractivity contribution in [3.8, 4) is 22.9 Å². The zero-order valence-electron chi connectivity index (χ0n) is 26.1. The average Bonchev–Trinajstić information content (AvgIpc) is 3.49. The van der Waals surface area contributed by atoms with E-state index in [1.165, 1.54) is 42.8 Å². The SMILES string of the molecule is CCN(CC)S(=O)(=O)c1ccc(C(=O)NCc2nnc(SCC(=O)Nc3ccc(OC)cc3)n2-c2cc(OC)ccc2OC)cc1. The van der Waals surface area contributed by atoms with Crippen LogP contribution in [-0.2, 0) is 21.4 Å². The quantitative estimate of drug-likeness (QED) is 0.178. The number of hydrogen-bond acceptors (Lipinski definition) is 10. The molecule has 4 rings (SSSR count). The van der Waals surface area contributed by atoms with Gasteiger partial charge in [-0.1, -0.05) is 25.6 Å². The third-order valence-electron chi connectivity index (χ3n) is 6.90. The number of nitrogens with one attached hydrogen (secondary N) is 2. The van der Waals surface area contributed by atoms with Gasteiger partial charge in [-0.3, -0.25) is 14.2 Å². The Balaban J connectivity index is 1.55. The average molecular weight is 669 g/mol. The molecule has 13 nitrogen and oxygen atoms in total. The maximum Gasteiger partial charge on any atom is 0.251 e. The van der Waals surface area contributed by atoms with Crippen LogP contribution in [-0.4, -0.2) is 79.5 Å². The summed E-state index contributed by atoms with van der Waals surface area (Å²) in [6, 6.07) is 17.9. The van der Waals surface area contributed by atoms with Gasteiger partial charge in [-0.25, -0.2) is 8.42 Å². The van der Waals surface area contributed by atoms with Crippen LogP contribution in [0.3, 0.4) is 0 Å². The Bertz CT molecular complexity index is 1760. The van der Waals surface area contributed by atoms with Crippen LogP contribution in [0.15, 0.2) is 76.8 Å². The molecule has 0 fully saturated rings. The lowest BCUT2D eigenvalue weighted by Gasteiger charge is -2.18. The molecule has 0 spiro atoms. The van der Waals surface area contributed by atoms with E-state index in [2.05, 4.69) is 20.8 Å². The number of methoxy groups -OCH3 is 3. The molecule has 0 aliphatic carbocycles. The Hall–Kier alpha value is -4.60. The number of hydrogen-bond donors (Lipinski definition) is 2. The zero-order chi connectivity index (χ0) is 33.3. The Morgan fingerprint density at radius 2 is 1.52 bits per heavy atom. The summed E-state index contributed by atoms with van der Waals surface area (Å²) in [5.41, 5.74) is 1.43. The summed E-state index contributed by atoms with van der Waals surface area (Å²) in [5.74, 6) is 1.39. The van der Waals surface area contributed by atoms with Crippen LogP contribution in [0.4, 0.5) is 5.69 Å². The molecule has 0 aliphatic heterocycles. The summed E-state index contributed by atoms with van der Waals surface area (Å²) in [7, 11) is 0.974. The van der Waals surface area contributed by atoms with Gasteiger partial charge in [0, 0.05) is 30.4 Å². The van der Waals surface area contributed by atoms with Gasteiger partial charge < -0.3 is 24.8 Å². The molecule has 2 N–H and O–H groups in total. The fourth-order valence-electron chi connectivity index (χ4n) is 4.48. The van der Waals surface area contributed by atoms with E-state index in [-0.39, 0.29) is 28.7 Å². The van der Waals surface area contributed by atoms with E-state index in [9.17, 15) is 18.0 Å². The second kappa shape index (κ2) is 15.6. The second-order valence-corrected chi connectivity index (χ2v) is 12.5. The van der Waals surface area contributed by atoms with Gasteiger partial charge in [-0.05, 0) is 60.7 Å². The molecule has 1 aromatic heterocycles. The van der Waals surface area contributed by atoms with Crippen LogP contribution in [0.2, 0.25) is 0 Å². The van der Waals surface area contributed by atoms with Crippen LogP contribution in [0.5, 0.6) is 17.2 Å². The number of anilines is 1. The number of benzene rings is 3. The number of aromatic nitrogens is 3. The lowest BCUT2D eigenvalue weighted by molar-refractivity contribution is -0.113. The third-order valence-corrected chi connectivity index (χ3v) is 9.89. The van der Waals surface area contributed by atoms with Crippen molar-refractivity contribution in [3.05, 3.63) is 78.1 Å². The molecule has 0 radical (unpaired) electrons. The Morgan fingerprint density at radius 1 is 0.870 bits per heavy atom. The molecule has 0 saturated carbocycles. The molecule has 0 unspecified atom stereocenters. The first kappa shape index (κ1) is 34.3. The van der Waals surface area contributed by atoms with Gasteiger partial charge in [0.2, 0.25) is 15.9 Å². The van der Waals surface area contributed by atoms with Crippen LogP contribution in [0.1, 0.15) is 30.0 Å². The smallest absolute Gasteiger partial charge is 0.251 e. The predicted octanol–water partition coefficient (Wildman–Crippen LogP) is 3.98. The molecule has 15 heteroatoms. The first-order chi connectivity index (χ1) is 22.1. The number of carbonyl (C=O) groups excluding carboxylic acids is 2. The molecule has 0 atom stereocenters. The topological polar surface area (TPSA) is 154 Å². The molecule has 1 heterocycles. The highest BCUT2D eigenvalue weighted by Gasteiger charge is 2.23. The van der Waals surface area contributed by atoms with E-state index in [0.29, 0.717) is 52.7 Å². The van der Waals surface area contributed by atoms with E-state index < -0.39 is 15.9 Å². The molecule has 46 heavy (non-hydrogen) atoms. The summed E-state index contributed by atoms with van der Waals surface area (Å²) in [6.45, 7) is 4.18. The minimum absolute atomic E-state index is 0.0194. The van der Waals surface area contributed by atoms with Crippen molar-refractivity contribution < 1.29 is 32.2 Å². The van der Waals surface area contributed by atoms with Crippen molar-refractivity contribution in [1.29, 1.82) is 0 Å². The minimum atomic E-state index is -3.66. The normalized spacial score (nSPS) is 11.3. The van der Waals surface area contributed by atoms with Gasteiger partial charge in [0.15, 0.2) is 11.0 Å². The highest BCUT2D eigenvalue weighted by molar-refractivity contribution is 7.99. The number of thioether (sulfide) groups is 1. The van der Waals surface area contributed by atoms with Crippen molar-refractivity contribution in [2.24, 2.45) is 0 Å². The zero-order valence-corrected chi connectivity index (χ0v) is 27.8. The number of rotatable bonds is 15. The first-order valence-electron chi connectivity index (χ1n) is 14.3. The molecule has 0 aliphatic rings. The summed E-state index contributed by atoms with van der Waals surface area (Å²) in [4.78, 5) is 26.0. The van der Waals surface area contributed by atoms with Gasteiger partial charge in [-0.2, -0.15) is 4.31 Å². The fraction of sp³-hybridized carbons (Fsp3) is 0.290. The van der Waals surface area contributed by atoms with E-state index in [4.69, 9.17) is 14.2 Å². The first-order valence-corrected chi connectivity index (χ1v) is 16.7. The lowest BCUT2D eigenvalue weighted by atomic mass is 10.2. The largest absolute Gasteiger partial charge is 0.497 e. The van der Waals surface area contributed by atoms with Gasteiger partial charge in [-0.15, -0.1) is 10.2 Å². The molecule has 0 saturated heterocycles. The molecule has 3 aromatic carbocycles. The number of ether oxygens (including phenoxy) is 3. The van der Waals surface area contributed by atoms with Crippen LogP contribution < -0.4 is 24.8 Å². The van der Waals surface area contributed by atoms with Gasteiger partial charge >= 0.3 is 0 Å². The van der Waals surface area contributed by atoms with Crippen molar-refractivity contribution in [1.82, 2.24) is 24.4 Å². The Morgan fingerprint density at radius 3 is 2.13 bits per heavy atom. The maximum atomic E-state index is 13.1. The molecule has 4 aromatic rings.